The van der Waals surface area contributed by atoms with Gasteiger partial charge in [-0.25, -0.2) is 4.98 Å². The number of aromatic nitrogens is 2. The van der Waals surface area contributed by atoms with E-state index in [1.54, 1.807) is 33.5 Å². The molecular formula is C37H45N5O6. The molecule has 48 heavy (non-hydrogen) atoms. The average molecular weight is 656 g/mol. The van der Waals surface area contributed by atoms with E-state index in [1.807, 2.05) is 44.2 Å². The van der Waals surface area contributed by atoms with E-state index >= 15 is 0 Å². The molecule has 254 valence electrons. The molecule has 0 unspecified atom stereocenters. The van der Waals surface area contributed by atoms with Crippen LogP contribution >= 0.6 is 0 Å². The quantitative estimate of drug-likeness (QED) is 0.147. The van der Waals surface area contributed by atoms with Crippen LogP contribution in [0.25, 0.3) is 22.2 Å². The number of hydrogen-bond donors (Lipinski definition) is 4. The third-order valence-electron chi connectivity index (χ3n) is 8.58. The highest BCUT2D eigenvalue weighted by molar-refractivity contribution is 5.98. The Bertz CT molecular complexity index is 1900. The molecule has 2 atom stereocenters. The molecule has 11 nitrogen and oxygen atoms in total. The number of nitrogens with zero attached hydrogens (tertiary/aromatic N) is 1. The van der Waals surface area contributed by atoms with Crippen LogP contribution in [0.5, 0.6) is 17.2 Å². The zero-order valence-corrected chi connectivity index (χ0v) is 28.9. The first kappa shape index (κ1) is 34.3. The zero-order valence-electron chi connectivity index (χ0n) is 28.9. The standard InChI is InChI=1S/C37H45N5O6/c1-19(2)15-30(37(45)39-23-10-13-27-29(17-23)42-36(41-27)20(3)4)40-28-14-11-24-25(18-31(28)44)26(38-21(5)43)12-9-22-16-32(46-6)34(47-7)35(48-8)33(22)24/h10-11,13-14,16-20,26,30H,9,12,15H2,1-8H3,(H,38,43)(H,39,45)(H,40,44)(H,41,42)/t26-,30+/m1/s1. The Morgan fingerprint density at radius 1 is 0.979 bits per heavy atom. The monoisotopic (exact) mass is 655 g/mol. The first-order valence-corrected chi connectivity index (χ1v) is 16.3. The lowest BCUT2D eigenvalue weighted by atomic mass is 9.95. The van der Waals surface area contributed by atoms with Crippen LogP contribution < -0.4 is 35.6 Å². The lowest BCUT2D eigenvalue weighted by Gasteiger charge is -2.20. The zero-order chi connectivity index (χ0) is 34.7. The van der Waals surface area contributed by atoms with Crippen LogP contribution in [-0.2, 0) is 16.0 Å². The third kappa shape index (κ3) is 7.10. The van der Waals surface area contributed by atoms with E-state index in [0.29, 0.717) is 53.3 Å². The number of hydrogen-bond acceptors (Lipinski definition) is 8. The van der Waals surface area contributed by atoms with Gasteiger partial charge in [-0.3, -0.25) is 14.4 Å². The van der Waals surface area contributed by atoms with Gasteiger partial charge in [0, 0.05) is 24.1 Å². The number of anilines is 2. The van der Waals surface area contributed by atoms with Gasteiger partial charge in [0.2, 0.25) is 23.0 Å². The molecule has 4 N–H and O–H groups in total. The predicted molar refractivity (Wildman–Crippen MR) is 188 cm³/mol. The van der Waals surface area contributed by atoms with Gasteiger partial charge in [0.25, 0.3) is 0 Å². The minimum absolute atomic E-state index is 0.156. The van der Waals surface area contributed by atoms with Gasteiger partial charge in [0.05, 0.1) is 44.1 Å². The summed E-state index contributed by atoms with van der Waals surface area (Å²) in [6.45, 7) is 9.65. The van der Waals surface area contributed by atoms with Gasteiger partial charge in [-0.2, -0.15) is 0 Å². The minimum atomic E-state index is -0.707. The van der Waals surface area contributed by atoms with Gasteiger partial charge < -0.3 is 35.1 Å². The number of nitrogens with one attached hydrogen (secondary N) is 4. The Balaban J connectivity index is 1.56. The molecule has 11 heteroatoms. The van der Waals surface area contributed by atoms with Crippen LogP contribution in [0.4, 0.5) is 11.4 Å². The van der Waals surface area contributed by atoms with E-state index in [-0.39, 0.29) is 34.8 Å². The largest absolute Gasteiger partial charge is 0.493 e. The summed E-state index contributed by atoms with van der Waals surface area (Å²) in [5.74, 6) is 2.22. The number of rotatable bonds is 11. The molecule has 0 saturated carbocycles. The highest BCUT2D eigenvalue weighted by Crippen LogP contribution is 2.50. The molecule has 0 fully saturated rings. The summed E-state index contributed by atoms with van der Waals surface area (Å²) in [6, 6.07) is 11.4. The number of fused-ring (bicyclic) bond motifs is 4. The van der Waals surface area contributed by atoms with Crippen molar-refractivity contribution in [3.05, 3.63) is 69.6 Å². The smallest absolute Gasteiger partial charge is 0.246 e. The summed E-state index contributed by atoms with van der Waals surface area (Å²) < 4.78 is 17.2. The molecule has 1 aliphatic carbocycles. The molecule has 0 bridgehead atoms. The molecule has 1 heterocycles. The SMILES string of the molecule is COc1cc2c(c(OC)c1OC)-c1ccc(N[C@@H](CC(C)C)C(=O)Nc3ccc4nc(C(C)C)[nH]c4c3)c(=O)cc1[C@H](NC(C)=O)CC2. The van der Waals surface area contributed by atoms with E-state index in [9.17, 15) is 14.4 Å². The fourth-order valence-corrected chi connectivity index (χ4v) is 6.33. The van der Waals surface area contributed by atoms with Crippen LogP contribution in [0, 0.1) is 5.92 Å². The molecule has 1 aromatic heterocycles. The molecule has 2 amide bonds. The van der Waals surface area contributed by atoms with Crippen LogP contribution in [0.1, 0.15) is 76.4 Å². The first-order valence-electron chi connectivity index (χ1n) is 16.3. The summed E-state index contributed by atoms with van der Waals surface area (Å²) in [6.07, 6.45) is 1.62. The van der Waals surface area contributed by atoms with Crippen molar-refractivity contribution in [1.82, 2.24) is 15.3 Å². The third-order valence-corrected chi connectivity index (χ3v) is 8.58. The van der Waals surface area contributed by atoms with Crippen molar-refractivity contribution >= 4 is 34.2 Å². The fourth-order valence-electron chi connectivity index (χ4n) is 6.33. The van der Waals surface area contributed by atoms with Gasteiger partial charge in [0.1, 0.15) is 11.9 Å². The number of methoxy groups -OCH3 is 3. The van der Waals surface area contributed by atoms with E-state index in [1.165, 1.54) is 6.92 Å². The second-order valence-electron chi connectivity index (χ2n) is 12.9. The Hall–Kier alpha value is -5.06. The second-order valence-corrected chi connectivity index (χ2v) is 12.9. The molecule has 0 saturated heterocycles. The van der Waals surface area contributed by atoms with Crippen molar-refractivity contribution in [3.8, 4) is 28.4 Å². The second kappa shape index (κ2) is 14.4. The first-order chi connectivity index (χ1) is 22.9. The molecule has 0 spiro atoms. The number of aryl methyl sites for hydroxylation is 1. The molecule has 0 radical (unpaired) electrons. The maximum Gasteiger partial charge on any atom is 0.246 e. The summed E-state index contributed by atoms with van der Waals surface area (Å²) in [5.41, 5.74) is 5.28. The van der Waals surface area contributed by atoms with E-state index < -0.39 is 12.1 Å². The highest BCUT2D eigenvalue weighted by atomic mass is 16.5. The Morgan fingerprint density at radius 2 is 1.73 bits per heavy atom. The maximum absolute atomic E-state index is 13.9. The van der Waals surface area contributed by atoms with Gasteiger partial charge in [0.15, 0.2) is 11.5 Å². The Morgan fingerprint density at radius 3 is 2.38 bits per heavy atom. The van der Waals surface area contributed by atoms with E-state index in [4.69, 9.17) is 14.2 Å². The van der Waals surface area contributed by atoms with E-state index in [2.05, 4.69) is 39.8 Å². The van der Waals surface area contributed by atoms with Crippen LogP contribution in [0.2, 0.25) is 0 Å². The van der Waals surface area contributed by atoms with Gasteiger partial charge >= 0.3 is 0 Å². The van der Waals surface area contributed by atoms with Crippen molar-refractivity contribution in [2.24, 2.45) is 5.92 Å². The summed E-state index contributed by atoms with van der Waals surface area (Å²) in [4.78, 5) is 48.0. The van der Waals surface area contributed by atoms with Gasteiger partial charge in [-0.05, 0) is 78.3 Å². The molecule has 0 aliphatic heterocycles. The number of H-pyrrole nitrogens is 1. The highest BCUT2D eigenvalue weighted by Gasteiger charge is 2.30. The number of carbonyl (C=O) groups is 2. The van der Waals surface area contributed by atoms with Crippen molar-refractivity contribution in [1.29, 1.82) is 0 Å². The molecular weight excluding hydrogens is 610 g/mol. The van der Waals surface area contributed by atoms with Crippen LogP contribution in [0.3, 0.4) is 0 Å². The molecule has 3 aromatic carbocycles. The molecule has 4 aromatic rings. The van der Waals surface area contributed by atoms with E-state index in [0.717, 1.165) is 28.0 Å². The lowest BCUT2D eigenvalue weighted by Crippen LogP contribution is -2.37. The van der Waals surface area contributed by atoms with Crippen LogP contribution in [0.15, 0.2) is 47.3 Å². The summed E-state index contributed by atoms with van der Waals surface area (Å²) in [5, 5.41) is 9.31. The van der Waals surface area contributed by atoms with Crippen molar-refractivity contribution in [2.45, 2.75) is 71.9 Å². The maximum atomic E-state index is 13.9. The summed E-state index contributed by atoms with van der Waals surface area (Å²) >= 11 is 0. The molecule has 1 aliphatic rings. The number of imidazole rings is 1. The van der Waals surface area contributed by atoms with Gasteiger partial charge in [-0.1, -0.05) is 33.8 Å². The minimum Gasteiger partial charge on any atom is -0.493 e. The topological polar surface area (TPSA) is 144 Å². The average Bonchev–Trinajstić information content (AvgIpc) is 3.34. The lowest BCUT2D eigenvalue weighted by molar-refractivity contribution is -0.120. The fraction of sp³-hybridized carbons (Fsp3) is 0.405. The van der Waals surface area contributed by atoms with Crippen molar-refractivity contribution in [3.63, 3.8) is 0 Å². The Kier molecular flexibility index (Phi) is 10.3. The normalized spacial score (nSPS) is 14.5. The number of carbonyl (C=O) groups excluding carboxylic acids is 2. The Labute approximate surface area is 280 Å². The predicted octanol–water partition coefficient (Wildman–Crippen LogP) is 6.33. The van der Waals surface area contributed by atoms with Crippen LogP contribution in [-0.4, -0.2) is 49.2 Å². The summed E-state index contributed by atoms with van der Waals surface area (Å²) in [7, 11) is 4.67. The number of benzene rings is 2. The van der Waals surface area contributed by atoms with Crippen molar-refractivity contribution < 1.29 is 23.8 Å². The number of ether oxygens (including phenoxy) is 3. The number of amides is 2. The van der Waals surface area contributed by atoms with Gasteiger partial charge in [-0.15, -0.1) is 0 Å². The molecule has 5 rings (SSSR count). The number of aromatic amines is 1. The van der Waals surface area contributed by atoms with Crippen molar-refractivity contribution in [2.75, 3.05) is 32.0 Å².